The van der Waals surface area contributed by atoms with E-state index in [4.69, 9.17) is 9.72 Å². The third kappa shape index (κ3) is 8.39. The van der Waals surface area contributed by atoms with Gasteiger partial charge in [-0.05, 0) is 95.2 Å². The molecule has 0 unspecified atom stereocenters. The number of rotatable bonds is 9. The number of anilines is 1. The third-order valence-corrected chi connectivity index (χ3v) is 14.8. The Kier molecular flexibility index (Phi) is 11.4. The summed E-state index contributed by atoms with van der Waals surface area (Å²) in [6.45, 7) is 5.28. The van der Waals surface area contributed by atoms with Crippen LogP contribution in [0.1, 0.15) is 90.2 Å². The van der Waals surface area contributed by atoms with Gasteiger partial charge < -0.3 is 20.3 Å². The Labute approximate surface area is 357 Å². The second-order valence-electron chi connectivity index (χ2n) is 17.5. The molecule has 5 atom stereocenters. The van der Waals surface area contributed by atoms with Crippen molar-refractivity contribution < 1.29 is 45.1 Å². The maximum absolute atomic E-state index is 14.8. The number of sulfonamides is 1. The van der Waals surface area contributed by atoms with Gasteiger partial charge in [-0.25, -0.2) is 12.8 Å². The van der Waals surface area contributed by atoms with Crippen LogP contribution < -0.4 is 20.1 Å². The number of fused-ring (bicyclic) bond motifs is 3. The standard InChI is InChI=1S/C45H50F4N6O6S/c1-27(2)55-36-18-12-16-32(28-19-20-34(46)33(23-28)45(47,48)49)38(36)51-42(55)61-31-24-37-39(56)52-44(41(58)53-62(59,60)43(3)21-22-43)25-29(44)13-8-5-4-6-11-17-35(40(57)54(37)26-31)50-30-14-9-7-10-15-30/h7-10,12-16,18-20,23,27,29,31,35,37,50H,4-6,11,17,21-22,24-26H2,1-3H3,(H,52,56)(H,53,58)/b13-8-/t29-,31+,35-,37-,44+/m0/s1. The number of benzene rings is 3. The maximum Gasteiger partial charge on any atom is 0.419 e. The minimum absolute atomic E-state index is 0.0226. The van der Waals surface area contributed by atoms with Crippen LogP contribution in [-0.4, -0.2) is 75.6 Å². The number of amides is 3. The van der Waals surface area contributed by atoms with Crippen molar-refractivity contribution in [3.05, 3.63) is 90.3 Å². The molecule has 12 nitrogen and oxygen atoms in total. The number of para-hydroxylation sites is 2. The molecule has 330 valence electrons. The van der Waals surface area contributed by atoms with E-state index in [1.807, 2.05) is 56.3 Å². The van der Waals surface area contributed by atoms with Gasteiger partial charge in [0.25, 0.3) is 11.9 Å². The number of aromatic nitrogens is 2. The summed E-state index contributed by atoms with van der Waals surface area (Å²) in [5.41, 5.74) is -0.996. The highest BCUT2D eigenvalue weighted by Crippen LogP contribution is 2.48. The van der Waals surface area contributed by atoms with Crippen LogP contribution in [0.3, 0.4) is 0 Å². The summed E-state index contributed by atoms with van der Waals surface area (Å²) in [5, 5.41) is 6.27. The van der Waals surface area contributed by atoms with E-state index >= 15 is 0 Å². The molecule has 4 aliphatic rings. The topological polar surface area (TPSA) is 152 Å². The minimum Gasteiger partial charge on any atom is -0.459 e. The Morgan fingerprint density at radius 3 is 2.48 bits per heavy atom. The second-order valence-corrected chi connectivity index (χ2v) is 19.7. The summed E-state index contributed by atoms with van der Waals surface area (Å²) in [4.78, 5) is 49.6. The first-order valence-electron chi connectivity index (χ1n) is 21.1. The van der Waals surface area contributed by atoms with Crippen molar-refractivity contribution in [2.24, 2.45) is 5.92 Å². The van der Waals surface area contributed by atoms with Gasteiger partial charge in [0.1, 0.15) is 35.1 Å². The number of hydrogen-bond donors (Lipinski definition) is 3. The van der Waals surface area contributed by atoms with Crippen molar-refractivity contribution in [3.8, 4) is 17.1 Å². The molecule has 1 saturated heterocycles. The van der Waals surface area contributed by atoms with E-state index in [1.54, 1.807) is 29.7 Å². The fraction of sp³-hybridized carbons (Fsp3) is 0.467. The lowest BCUT2D eigenvalue weighted by molar-refractivity contribution is -0.140. The zero-order valence-electron chi connectivity index (χ0n) is 34.7. The van der Waals surface area contributed by atoms with Crippen molar-refractivity contribution in [1.82, 2.24) is 24.5 Å². The normalized spacial score (nSPS) is 25.8. The van der Waals surface area contributed by atoms with Crippen LogP contribution in [0.25, 0.3) is 22.2 Å². The summed E-state index contributed by atoms with van der Waals surface area (Å²) in [6, 6.07) is 15.0. The highest BCUT2D eigenvalue weighted by molar-refractivity contribution is 7.91. The number of nitrogens with zero attached hydrogens (tertiary/aromatic N) is 3. The maximum atomic E-state index is 14.8. The number of carbonyl (C=O) groups excluding carboxylic acids is 3. The van der Waals surface area contributed by atoms with Crippen LogP contribution in [-0.2, 0) is 30.6 Å². The van der Waals surface area contributed by atoms with Crippen molar-refractivity contribution in [2.45, 2.75) is 119 Å². The Balaban J connectivity index is 1.14. The molecule has 3 aromatic carbocycles. The molecule has 2 saturated carbocycles. The van der Waals surface area contributed by atoms with Crippen molar-refractivity contribution in [2.75, 3.05) is 11.9 Å². The number of halogens is 4. The molecule has 62 heavy (non-hydrogen) atoms. The largest absolute Gasteiger partial charge is 0.459 e. The summed E-state index contributed by atoms with van der Waals surface area (Å²) in [6.07, 6.45) is 2.55. The molecule has 3 amide bonds. The molecular weight excluding hydrogens is 829 g/mol. The molecule has 4 aromatic rings. The molecular formula is C45H50F4N6O6S. The van der Waals surface area contributed by atoms with E-state index in [0.717, 1.165) is 25.0 Å². The summed E-state index contributed by atoms with van der Waals surface area (Å²) >= 11 is 0. The Morgan fingerprint density at radius 1 is 1.02 bits per heavy atom. The van der Waals surface area contributed by atoms with Gasteiger partial charge in [0.05, 0.1) is 22.4 Å². The summed E-state index contributed by atoms with van der Waals surface area (Å²) < 4.78 is 91.7. The van der Waals surface area contributed by atoms with Gasteiger partial charge in [-0.3, -0.25) is 23.7 Å². The van der Waals surface area contributed by atoms with Gasteiger partial charge in [-0.1, -0.05) is 61.4 Å². The third-order valence-electron chi connectivity index (χ3n) is 12.6. The van der Waals surface area contributed by atoms with Crippen LogP contribution >= 0.6 is 0 Å². The molecule has 3 N–H and O–H groups in total. The minimum atomic E-state index is -4.92. The van der Waals surface area contributed by atoms with Gasteiger partial charge >= 0.3 is 6.18 Å². The SMILES string of the molecule is CC(C)n1c(O[C@@H]2C[C@H]3C(=O)N[C@]4(C(=O)NS(=O)(=O)C5(C)CC5)C[C@@H]4/C=C\CCCCC[C@H](Nc4ccccc4)C(=O)N3C2)nc2c(-c3ccc(F)c(C(F)(F)F)c3)cccc21. The average molecular weight is 879 g/mol. The second kappa shape index (κ2) is 16.3. The number of alkyl halides is 3. The quantitative estimate of drug-likeness (QED) is 0.115. The van der Waals surface area contributed by atoms with Crippen LogP contribution in [0.4, 0.5) is 23.2 Å². The van der Waals surface area contributed by atoms with Crippen molar-refractivity contribution in [3.63, 3.8) is 0 Å². The monoisotopic (exact) mass is 878 g/mol. The lowest BCUT2D eigenvalue weighted by Crippen LogP contribution is -2.58. The lowest BCUT2D eigenvalue weighted by Gasteiger charge is -2.30. The fourth-order valence-corrected chi connectivity index (χ4v) is 9.96. The number of imidazole rings is 1. The average Bonchev–Trinajstić information content (AvgIpc) is 4.04. The Bertz CT molecular complexity index is 2520. The lowest BCUT2D eigenvalue weighted by atomic mass is 10.0. The highest BCUT2D eigenvalue weighted by Gasteiger charge is 2.63. The molecule has 2 aliphatic carbocycles. The molecule has 2 aliphatic heterocycles. The Morgan fingerprint density at radius 2 is 1.77 bits per heavy atom. The number of allylic oxidation sites excluding steroid dienone is 1. The molecule has 8 rings (SSSR count). The predicted molar refractivity (Wildman–Crippen MR) is 225 cm³/mol. The zero-order chi connectivity index (χ0) is 44.2. The van der Waals surface area contributed by atoms with Crippen LogP contribution in [0, 0.1) is 11.7 Å². The molecule has 0 radical (unpaired) electrons. The number of hydrogen-bond acceptors (Lipinski definition) is 8. The molecule has 3 heterocycles. The molecule has 3 fully saturated rings. The van der Waals surface area contributed by atoms with Gasteiger partial charge in [0.2, 0.25) is 21.8 Å². The van der Waals surface area contributed by atoms with Crippen LogP contribution in [0.2, 0.25) is 0 Å². The number of ether oxygens (including phenoxy) is 1. The van der Waals surface area contributed by atoms with Gasteiger partial charge in [0.15, 0.2) is 0 Å². The first kappa shape index (κ1) is 43.2. The predicted octanol–water partition coefficient (Wildman–Crippen LogP) is 7.66. The van der Waals surface area contributed by atoms with Crippen LogP contribution in [0.15, 0.2) is 78.9 Å². The van der Waals surface area contributed by atoms with E-state index in [-0.39, 0.29) is 42.9 Å². The fourth-order valence-electron chi connectivity index (χ4n) is 8.65. The number of carbonyl (C=O) groups is 3. The molecule has 0 spiro atoms. The van der Waals surface area contributed by atoms with E-state index in [9.17, 15) is 40.4 Å². The van der Waals surface area contributed by atoms with Crippen LogP contribution in [0.5, 0.6) is 6.01 Å². The molecule has 0 bridgehead atoms. The zero-order valence-corrected chi connectivity index (χ0v) is 35.5. The smallest absolute Gasteiger partial charge is 0.419 e. The molecule has 17 heteroatoms. The first-order valence-corrected chi connectivity index (χ1v) is 22.6. The summed E-state index contributed by atoms with van der Waals surface area (Å²) in [7, 11) is -4.03. The van der Waals surface area contributed by atoms with E-state index in [2.05, 4.69) is 15.4 Å². The highest BCUT2D eigenvalue weighted by atomic mass is 32.2. The van der Waals surface area contributed by atoms with E-state index < -0.39 is 73.8 Å². The van der Waals surface area contributed by atoms with E-state index in [1.165, 1.54) is 11.0 Å². The first-order chi connectivity index (χ1) is 29.4. The number of nitrogens with one attached hydrogen (secondary N) is 3. The van der Waals surface area contributed by atoms with Crippen molar-refractivity contribution >= 4 is 44.5 Å². The van der Waals surface area contributed by atoms with Gasteiger partial charge in [0, 0.05) is 29.6 Å². The summed E-state index contributed by atoms with van der Waals surface area (Å²) in [5.74, 6) is -3.70. The van der Waals surface area contributed by atoms with E-state index in [0.29, 0.717) is 54.4 Å². The van der Waals surface area contributed by atoms with Gasteiger partial charge in [-0.2, -0.15) is 18.2 Å². The molecule has 1 aromatic heterocycles. The Hall–Kier alpha value is -5.45. The van der Waals surface area contributed by atoms with Crippen molar-refractivity contribution in [1.29, 1.82) is 0 Å². The van der Waals surface area contributed by atoms with Gasteiger partial charge in [-0.15, -0.1) is 0 Å².